The third kappa shape index (κ3) is 4.93. The van der Waals surface area contributed by atoms with Crippen molar-refractivity contribution in [3.05, 3.63) is 23.8 Å². The van der Waals surface area contributed by atoms with Crippen molar-refractivity contribution in [3.63, 3.8) is 0 Å². The van der Waals surface area contributed by atoms with Crippen LogP contribution in [0.4, 0.5) is 0 Å². The number of Topliss-reactive ketones (excluding diaryl/α,β-unsaturated/α-hetero) is 1. The maximum absolute atomic E-state index is 11.2. The van der Waals surface area contributed by atoms with E-state index in [2.05, 4.69) is 0 Å². The number of rotatable bonds is 6. The van der Waals surface area contributed by atoms with Crippen LogP contribution in [0, 0.1) is 5.92 Å². The molecular weight excluding hydrogens is 240 g/mol. The normalized spacial score (nSPS) is 13.3. The second kappa shape index (κ2) is 7.82. The summed E-state index contributed by atoms with van der Waals surface area (Å²) in [5.74, 6) is 2.25. The molecule has 0 N–H and O–H groups in total. The molecule has 3 nitrogen and oxygen atoms in total. The molecule has 106 valence electrons. The molecule has 0 amide bonds. The third-order valence-corrected chi connectivity index (χ3v) is 3.05. The molecule has 0 saturated heterocycles. The number of hydrogen-bond donors (Lipinski definition) is 0. The predicted octanol–water partition coefficient (Wildman–Crippen LogP) is 4.10. The van der Waals surface area contributed by atoms with Crippen LogP contribution in [-0.2, 0) is 0 Å². The van der Waals surface area contributed by atoms with E-state index in [0.717, 1.165) is 24.7 Å². The summed E-state index contributed by atoms with van der Waals surface area (Å²) < 4.78 is 10.9. The van der Waals surface area contributed by atoms with Gasteiger partial charge in [0.25, 0.3) is 0 Å². The van der Waals surface area contributed by atoms with Gasteiger partial charge >= 0.3 is 0 Å². The largest absolute Gasteiger partial charge is 0.493 e. The van der Waals surface area contributed by atoms with E-state index in [9.17, 15) is 4.79 Å². The highest BCUT2D eigenvalue weighted by atomic mass is 16.5. The van der Waals surface area contributed by atoms with Crippen molar-refractivity contribution < 1.29 is 14.3 Å². The average molecular weight is 264 g/mol. The lowest BCUT2D eigenvalue weighted by Crippen LogP contribution is -2.01. The zero-order chi connectivity index (χ0) is 14.3. The number of carbonyl (C=O) groups excluding carboxylic acids is 1. The van der Waals surface area contributed by atoms with Gasteiger partial charge in [-0.15, -0.1) is 0 Å². The first-order chi connectivity index (χ1) is 9.20. The number of methoxy groups -OCH3 is 1. The first-order valence-electron chi connectivity index (χ1n) is 7.02. The molecule has 1 aromatic rings. The van der Waals surface area contributed by atoms with Crippen LogP contribution >= 0.6 is 0 Å². The van der Waals surface area contributed by atoms with Gasteiger partial charge in [-0.1, -0.05) is 26.7 Å². The van der Waals surface area contributed by atoms with Crippen molar-refractivity contribution in [2.45, 2.75) is 40.0 Å². The van der Waals surface area contributed by atoms with Gasteiger partial charge in [-0.05, 0) is 37.5 Å². The van der Waals surface area contributed by atoms with Gasteiger partial charge in [0.2, 0.25) is 0 Å². The molecule has 1 aliphatic carbocycles. The second-order valence-electron chi connectivity index (χ2n) is 4.50. The van der Waals surface area contributed by atoms with Crippen molar-refractivity contribution in [3.8, 4) is 11.5 Å². The van der Waals surface area contributed by atoms with Gasteiger partial charge in [-0.3, -0.25) is 4.79 Å². The fourth-order valence-corrected chi connectivity index (χ4v) is 1.75. The van der Waals surface area contributed by atoms with E-state index in [1.54, 1.807) is 26.2 Å². The topological polar surface area (TPSA) is 35.5 Å². The van der Waals surface area contributed by atoms with Crippen LogP contribution in [-0.4, -0.2) is 19.5 Å². The number of carbonyl (C=O) groups is 1. The zero-order valence-electron chi connectivity index (χ0n) is 12.4. The molecular formula is C16H24O3. The molecule has 0 aliphatic heterocycles. The van der Waals surface area contributed by atoms with E-state index in [1.165, 1.54) is 12.8 Å². The summed E-state index contributed by atoms with van der Waals surface area (Å²) in [7, 11) is 1.59. The maximum Gasteiger partial charge on any atom is 0.161 e. The molecule has 1 aliphatic rings. The van der Waals surface area contributed by atoms with Crippen LogP contribution in [0.5, 0.6) is 11.5 Å². The molecule has 1 fully saturated rings. The SMILES string of the molecule is CC.COc1cc(C(C)=O)ccc1OCCC1CC1. The number of benzene rings is 1. The quantitative estimate of drug-likeness (QED) is 0.725. The molecule has 0 heterocycles. The molecule has 1 saturated carbocycles. The Balaban J connectivity index is 0.000000861. The van der Waals surface area contributed by atoms with Crippen molar-refractivity contribution in [2.75, 3.05) is 13.7 Å². The maximum atomic E-state index is 11.2. The summed E-state index contributed by atoms with van der Waals surface area (Å²) in [6.07, 6.45) is 3.78. The van der Waals surface area contributed by atoms with Crippen molar-refractivity contribution >= 4 is 5.78 Å². The van der Waals surface area contributed by atoms with Crippen LogP contribution in [0.3, 0.4) is 0 Å². The molecule has 0 radical (unpaired) electrons. The molecule has 2 rings (SSSR count). The summed E-state index contributed by atoms with van der Waals surface area (Å²) in [5, 5.41) is 0. The Bertz CT molecular complexity index is 408. The third-order valence-electron chi connectivity index (χ3n) is 3.05. The van der Waals surface area contributed by atoms with Crippen LogP contribution in [0.15, 0.2) is 18.2 Å². The second-order valence-corrected chi connectivity index (χ2v) is 4.50. The van der Waals surface area contributed by atoms with Gasteiger partial charge in [-0.25, -0.2) is 0 Å². The lowest BCUT2D eigenvalue weighted by atomic mass is 10.1. The standard InChI is InChI=1S/C14H18O3.C2H6/c1-10(15)12-5-6-13(14(9-12)16-2)17-8-7-11-3-4-11;1-2/h5-6,9,11H,3-4,7-8H2,1-2H3;1-2H3. The number of ketones is 1. The molecule has 0 aromatic heterocycles. The molecule has 0 bridgehead atoms. The van der Waals surface area contributed by atoms with E-state index in [4.69, 9.17) is 9.47 Å². The van der Waals surface area contributed by atoms with Gasteiger partial charge in [0, 0.05) is 5.56 Å². The first kappa shape index (κ1) is 15.5. The molecule has 19 heavy (non-hydrogen) atoms. The van der Waals surface area contributed by atoms with Gasteiger partial charge in [0.15, 0.2) is 17.3 Å². The molecule has 3 heteroatoms. The molecule has 1 aromatic carbocycles. The average Bonchev–Trinajstić information content (AvgIpc) is 3.25. The minimum atomic E-state index is 0.0350. The van der Waals surface area contributed by atoms with Crippen molar-refractivity contribution in [2.24, 2.45) is 5.92 Å². The minimum absolute atomic E-state index is 0.0350. The highest BCUT2D eigenvalue weighted by molar-refractivity contribution is 5.94. The van der Waals surface area contributed by atoms with Crippen molar-refractivity contribution in [1.82, 2.24) is 0 Å². The summed E-state index contributed by atoms with van der Waals surface area (Å²) >= 11 is 0. The molecule has 0 atom stereocenters. The van der Waals surface area contributed by atoms with E-state index in [1.807, 2.05) is 19.9 Å². The minimum Gasteiger partial charge on any atom is -0.493 e. The van der Waals surface area contributed by atoms with Crippen LogP contribution in [0.2, 0.25) is 0 Å². The Labute approximate surface area is 115 Å². The Morgan fingerprint density at radius 3 is 2.47 bits per heavy atom. The monoisotopic (exact) mass is 264 g/mol. The fraction of sp³-hybridized carbons (Fsp3) is 0.562. The van der Waals surface area contributed by atoms with Gasteiger partial charge in [0.05, 0.1) is 13.7 Å². The smallest absolute Gasteiger partial charge is 0.161 e. The van der Waals surface area contributed by atoms with Gasteiger partial charge in [-0.2, -0.15) is 0 Å². The van der Waals surface area contributed by atoms with E-state index < -0.39 is 0 Å². The van der Waals surface area contributed by atoms with E-state index in [-0.39, 0.29) is 5.78 Å². The molecule has 0 unspecified atom stereocenters. The summed E-state index contributed by atoms with van der Waals surface area (Å²) in [4.78, 5) is 11.2. The summed E-state index contributed by atoms with van der Waals surface area (Å²) in [6, 6.07) is 5.31. The van der Waals surface area contributed by atoms with Crippen LogP contribution in [0.25, 0.3) is 0 Å². The van der Waals surface area contributed by atoms with Gasteiger partial charge in [0.1, 0.15) is 0 Å². The highest BCUT2D eigenvalue weighted by Crippen LogP contribution is 2.33. The summed E-state index contributed by atoms with van der Waals surface area (Å²) in [5.41, 5.74) is 0.649. The van der Waals surface area contributed by atoms with E-state index in [0.29, 0.717) is 11.3 Å². The Hall–Kier alpha value is -1.51. The number of hydrogen-bond acceptors (Lipinski definition) is 3. The zero-order valence-corrected chi connectivity index (χ0v) is 12.4. The Morgan fingerprint density at radius 1 is 1.26 bits per heavy atom. The van der Waals surface area contributed by atoms with E-state index >= 15 is 0 Å². The van der Waals surface area contributed by atoms with Crippen LogP contribution < -0.4 is 9.47 Å². The Kier molecular flexibility index (Phi) is 6.40. The number of ether oxygens (including phenoxy) is 2. The predicted molar refractivity (Wildman–Crippen MR) is 77.2 cm³/mol. The van der Waals surface area contributed by atoms with Gasteiger partial charge < -0.3 is 9.47 Å². The van der Waals surface area contributed by atoms with Crippen molar-refractivity contribution in [1.29, 1.82) is 0 Å². The highest BCUT2D eigenvalue weighted by Gasteiger charge is 2.21. The lowest BCUT2D eigenvalue weighted by molar-refractivity contribution is 0.101. The lowest BCUT2D eigenvalue weighted by Gasteiger charge is -2.11. The molecule has 0 spiro atoms. The fourth-order valence-electron chi connectivity index (χ4n) is 1.75. The first-order valence-corrected chi connectivity index (χ1v) is 7.02. The Morgan fingerprint density at radius 2 is 1.95 bits per heavy atom. The van der Waals surface area contributed by atoms with Crippen LogP contribution in [0.1, 0.15) is 50.4 Å². The summed E-state index contributed by atoms with van der Waals surface area (Å²) in [6.45, 7) is 6.27.